The van der Waals surface area contributed by atoms with Crippen molar-refractivity contribution in [2.24, 2.45) is 22.6 Å². The minimum Gasteiger partial charge on any atom is -0.384 e. The number of nitrogens with one attached hydrogen (secondary N) is 2. The molecule has 0 aromatic heterocycles. The van der Waals surface area contributed by atoms with Gasteiger partial charge in [0, 0.05) is 43.2 Å². The van der Waals surface area contributed by atoms with Gasteiger partial charge in [-0.3, -0.25) is 4.99 Å². The number of dihydropyridines is 1. The fraction of sp³-hybridized carbons (Fsp3) is 0.400. The first kappa shape index (κ1) is 33.4. The minimum absolute atomic E-state index is 0.423. The van der Waals surface area contributed by atoms with Crippen LogP contribution in [0.1, 0.15) is 82.3 Å². The molecule has 0 saturated heterocycles. The van der Waals surface area contributed by atoms with E-state index in [1.54, 1.807) is 16.7 Å². The van der Waals surface area contributed by atoms with Gasteiger partial charge in [-0.05, 0) is 158 Å². The van der Waals surface area contributed by atoms with Crippen molar-refractivity contribution in [3.8, 4) is 0 Å². The van der Waals surface area contributed by atoms with Crippen molar-refractivity contribution in [3.63, 3.8) is 0 Å². The van der Waals surface area contributed by atoms with Crippen LogP contribution in [0.2, 0.25) is 0 Å². The summed E-state index contributed by atoms with van der Waals surface area (Å²) in [6.45, 7) is 5.69. The van der Waals surface area contributed by atoms with Crippen LogP contribution in [0.5, 0.6) is 0 Å². The predicted octanol–water partition coefficient (Wildman–Crippen LogP) is 9.80. The highest BCUT2D eigenvalue weighted by molar-refractivity contribution is 5.68. The summed E-state index contributed by atoms with van der Waals surface area (Å²) in [7, 11) is 0. The monoisotopic (exact) mass is 650 g/mol. The summed E-state index contributed by atoms with van der Waals surface area (Å²) in [6, 6.07) is 6.85. The molecule has 4 heteroatoms. The van der Waals surface area contributed by atoms with E-state index in [4.69, 9.17) is 5.73 Å². The number of anilines is 1. The lowest BCUT2D eigenvalue weighted by Gasteiger charge is -2.30. The lowest BCUT2D eigenvalue weighted by molar-refractivity contribution is 0.546. The normalized spacial score (nSPS) is 23.6. The molecule has 2 unspecified atom stereocenters. The molecule has 1 aromatic rings. The lowest BCUT2D eigenvalue weighted by atomic mass is 9.75. The van der Waals surface area contributed by atoms with Gasteiger partial charge in [0.25, 0.3) is 0 Å². The molecule has 0 fully saturated rings. The molecular weight excluding hydrogens is 597 g/mol. The number of rotatable bonds is 12. The number of unbranched alkanes of at least 4 members (excludes halogenated alkanes) is 1. The van der Waals surface area contributed by atoms with E-state index < -0.39 is 0 Å². The number of benzene rings is 1. The molecule has 2 aliphatic heterocycles. The molecule has 0 bridgehead atoms. The number of allylic oxidation sites excluding steroid dienone is 17. The van der Waals surface area contributed by atoms with Crippen molar-refractivity contribution in [1.29, 1.82) is 0 Å². The molecule has 254 valence electrons. The van der Waals surface area contributed by atoms with Crippen molar-refractivity contribution in [1.82, 2.24) is 5.32 Å². The maximum absolute atomic E-state index is 5.79. The fourth-order valence-corrected chi connectivity index (χ4v) is 8.28. The molecule has 0 amide bonds. The lowest BCUT2D eigenvalue weighted by Crippen LogP contribution is -2.26. The Labute approximate surface area is 294 Å². The van der Waals surface area contributed by atoms with Crippen LogP contribution in [0.3, 0.4) is 0 Å². The highest BCUT2D eigenvalue weighted by Crippen LogP contribution is 2.43. The maximum Gasteiger partial charge on any atom is 0.0404 e. The van der Waals surface area contributed by atoms with Crippen LogP contribution in [-0.2, 0) is 6.42 Å². The number of hydrogen-bond donors (Lipinski definition) is 3. The number of nitrogens with zero attached hydrogens (tertiary/aromatic N) is 1. The topological polar surface area (TPSA) is 62.4 Å². The zero-order valence-electron chi connectivity index (χ0n) is 29.4. The minimum atomic E-state index is 0.423. The molecule has 0 radical (unpaired) electrons. The highest BCUT2D eigenvalue weighted by Gasteiger charge is 2.25. The third-order valence-corrected chi connectivity index (χ3v) is 11.1. The van der Waals surface area contributed by atoms with Gasteiger partial charge in [-0.25, -0.2) is 0 Å². The summed E-state index contributed by atoms with van der Waals surface area (Å²) < 4.78 is 0. The van der Waals surface area contributed by atoms with E-state index in [-0.39, 0.29) is 0 Å². The van der Waals surface area contributed by atoms with Gasteiger partial charge in [0.1, 0.15) is 0 Å². The number of nitrogens with two attached hydrogens (primary N) is 1. The molecular formula is C45H54N4. The van der Waals surface area contributed by atoms with Gasteiger partial charge in [-0.15, -0.1) is 0 Å². The smallest absolute Gasteiger partial charge is 0.0404 e. The summed E-state index contributed by atoms with van der Waals surface area (Å²) >= 11 is 0. The Morgan fingerprint density at radius 3 is 2.76 bits per heavy atom. The van der Waals surface area contributed by atoms with Crippen LogP contribution in [-0.4, -0.2) is 32.4 Å². The highest BCUT2D eigenvalue weighted by atomic mass is 14.9. The van der Waals surface area contributed by atoms with E-state index >= 15 is 0 Å². The molecule has 0 saturated carbocycles. The third-order valence-electron chi connectivity index (χ3n) is 11.1. The van der Waals surface area contributed by atoms with Crippen molar-refractivity contribution in [2.75, 3.05) is 31.5 Å². The largest absolute Gasteiger partial charge is 0.384 e. The van der Waals surface area contributed by atoms with E-state index in [0.29, 0.717) is 11.8 Å². The van der Waals surface area contributed by atoms with E-state index in [0.717, 1.165) is 84.0 Å². The van der Waals surface area contributed by atoms with Crippen LogP contribution >= 0.6 is 0 Å². The van der Waals surface area contributed by atoms with Crippen LogP contribution in [0.4, 0.5) is 5.69 Å². The van der Waals surface area contributed by atoms with Crippen LogP contribution < -0.4 is 16.4 Å². The van der Waals surface area contributed by atoms with Gasteiger partial charge in [0.2, 0.25) is 0 Å². The van der Waals surface area contributed by atoms with Crippen molar-refractivity contribution >= 4 is 18.0 Å². The summed E-state index contributed by atoms with van der Waals surface area (Å²) in [5.41, 5.74) is 22.7. The zero-order valence-corrected chi connectivity index (χ0v) is 29.4. The first-order valence-electron chi connectivity index (χ1n) is 18.9. The summed E-state index contributed by atoms with van der Waals surface area (Å²) in [5, 5.41) is 7.52. The molecule has 4 aliphatic carbocycles. The van der Waals surface area contributed by atoms with Crippen LogP contribution in [0, 0.1) is 11.8 Å². The first-order chi connectivity index (χ1) is 24.2. The van der Waals surface area contributed by atoms with Gasteiger partial charge in [-0.1, -0.05) is 73.2 Å². The number of fused-ring (bicyclic) bond motifs is 2. The average Bonchev–Trinajstić information content (AvgIpc) is 3.70. The number of aryl methyl sites for hydroxylation is 1. The molecule has 0 spiro atoms. The maximum atomic E-state index is 5.79. The predicted molar refractivity (Wildman–Crippen MR) is 210 cm³/mol. The summed E-state index contributed by atoms with van der Waals surface area (Å²) in [4.78, 5) is 4.48. The molecule has 4 N–H and O–H groups in total. The summed E-state index contributed by atoms with van der Waals surface area (Å²) in [6.07, 6.45) is 40.8. The van der Waals surface area contributed by atoms with Crippen molar-refractivity contribution in [2.45, 2.75) is 77.6 Å². The SMILES string of the molecule is C/C(=C\C=C(/CNc1ccc2c(c1)C=CCC2)C1=CC=C(C2C=NCC2)NC1)C1=C2CCC=CC2=C(C2=CC(CCCCN)CC=C2)CC1. The van der Waals surface area contributed by atoms with E-state index in [1.165, 1.54) is 63.2 Å². The molecule has 7 rings (SSSR count). The Kier molecular flexibility index (Phi) is 10.9. The Morgan fingerprint density at radius 1 is 0.980 bits per heavy atom. The fourth-order valence-electron chi connectivity index (χ4n) is 8.28. The van der Waals surface area contributed by atoms with Gasteiger partial charge in [-0.2, -0.15) is 0 Å². The van der Waals surface area contributed by atoms with E-state index in [1.807, 2.05) is 0 Å². The van der Waals surface area contributed by atoms with Crippen LogP contribution in [0.15, 0.2) is 134 Å². The molecule has 6 aliphatic rings. The second kappa shape index (κ2) is 16.0. The summed E-state index contributed by atoms with van der Waals surface area (Å²) in [5.74, 6) is 1.06. The van der Waals surface area contributed by atoms with Crippen LogP contribution in [0.25, 0.3) is 6.08 Å². The number of aliphatic imine (C=N–C) groups is 1. The standard InChI is InChI=1S/C45H54N4/c1-32(41-21-22-42(44-15-5-4-14-43(41)44)36-13-8-10-33(27-36)9-6-7-25-46)16-17-37(38-19-23-45(49-31-38)39-24-26-47-29-39)30-48-40-20-18-34-11-2-3-12-35(34)28-40/h3,5,8,12-13,15-20,23,27-29,33,39,48-49H,2,4,6-7,9-11,14,21-22,24-26,30-31,46H2,1H3/b32-16+,37-17+. The first-order valence-corrected chi connectivity index (χ1v) is 18.9. The Morgan fingerprint density at radius 2 is 1.90 bits per heavy atom. The van der Waals surface area contributed by atoms with Gasteiger partial charge < -0.3 is 16.4 Å². The molecule has 4 nitrogen and oxygen atoms in total. The Balaban J connectivity index is 1.16. The third kappa shape index (κ3) is 8.02. The average molecular weight is 651 g/mol. The quantitative estimate of drug-likeness (QED) is 0.156. The molecule has 1 aromatic carbocycles. The Bertz CT molecular complexity index is 1760. The van der Waals surface area contributed by atoms with Crippen molar-refractivity contribution in [3.05, 3.63) is 140 Å². The Hall–Kier alpha value is -4.15. The van der Waals surface area contributed by atoms with E-state index in [9.17, 15) is 0 Å². The zero-order chi connectivity index (χ0) is 33.4. The number of hydrogen-bond acceptors (Lipinski definition) is 4. The van der Waals surface area contributed by atoms with Gasteiger partial charge in [0.15, 0.2) is 0 Å². The molecule has 49 heavy (non-hydrogen) atoms. The van der Waals surface area contributed by atoms with E-state index in [2.05, 4.69) is 114 Å². The molecule has 2 atom stereocenters. The second-order valence-electron chi connectivity index (χ2n) is 14.5. The van der Waals surface area contributed by atoms with Gasteiger partial charge in [0.05, 0.1) is 0 Å². The van der Waals surface area contributed by atoms with Gasteiger partial charge >= 0.3 is 0 Å². The molecule has 2 heterocycles. The van der Waals surface area contributed by atoms with Crippen molar-refractivity contribution < 1.29 is 0 Å². The second-order valence-corrected chi connectivity index (χ2v) is 14.5.